The largest absolute Gasteiger partial charge is 0.501 e. The molecule has 2 heterocycles. The van der Waals surface area contributed by atoms with Crippen LogP contribution in [0.25, 0.3) is 0 Å². The van der Waals surface area contributed by atoms with Gasteiger partial charge in [-0.15, -0.1) is 0 Å². The minimum absolute atomic E-state index is 0.656. The summed E-state index contributed by atoms with van der Waals surface area (Å²) in [7, 11) is 0. The van der Waals surface area contributed by atoms with Crippen molar-refractivity contribution in [1.82, 2.24) is 0 Å². The lowest BCUT2D eigenvalue weighted by atomic mass is 9.89. The molecule has 0 fully saturated rings. The van der Waals surface area contributed by atoms with Crippen LogP contribution in [0.4, 0.5) is 0 Å². The molecular formula is C10H12O3. The summed E-state index contributed by atoms with van der Waals surface area (Å²) in [5, 5.41) is 10.2. The molecule has 1 aromatic rings. The molecule has 3 heteroatoms. The maximum absolute atomic E-state index is 10.2. The van der Waals surface area contributed by atoms with Gasteiger partial charge in [-0.2, -0.15) is 0 Å². The van der Waals surface area contributed by atoms with Crippen molar-refractivity contribution in [2.45, 2.75) is 18.9 Å². The Morgan fingerprint density at radius 3 is 2.92 bits per heavy atom. The molecule has 0 radical (unpaired) electrons. The summed E-state index contributed by atoms with van der Waals surface area (Å²) in [6.45, 7) is 2.40. The first-order chi connectivity index (χ1) is 6.21. The normalized spacial score (nSPS) is 20.6. The van der Waals surface area contributed by atoms with Crippen LogP contribution in [-0.2, 0) is 10.3 Å². The highest BCUT2D eigenvalue weighted by Gasteiger charge is 2.31. The van der Waals surface area contributed by atoms with Crippen LogP contribution in [0.1, 0.15) is 18.9 Å². The van der Waals surface area contributed by atoms with E-state index in [0.29, 0.717) is 6.61 Å². The van der Waals surface area contributed by atoms with Crippen LogP contribution in [0.2, 0.25) is 0 Å². The number of aliphatic hydroxyl groups is 1. The first-order valence-electron chi connectivity index (χ1n) is 4.27. The first kappa shape index (κ1) is 8.38. The molecule has 70 valence electrons. The lowest BCUT2D eigenvalue weighted by molar-refractivity contribution is 0.0944. The van der Waals surface area contributed by atoms with E-state index in [9.17, 15) is 5.11 Å². The highest BCUT2D eigenvalue weighted by molar-refractivity contribution is 5.29. The van der Waals surface area contributed by atoms with Crippen LogP contribution in [0.3, 0.4) is 0 Å². The van der Waals surface area contributed by atoms with Gasteiger partial charge in [0.2, 0.25) is 0 Å². The van der Waals surface area contributed by atoms with Crippen molar-refractivity contribution >= 4 is 0 Å². The van der Waals surface area contributed by atoms with Gasteiger partial charge >= 0.3 is 0 Å². The van der Waals surface area contributed by atoms with Crippen LogP contribution >= 0.6 is 0 Å². The third-order valence-electron chi connectivity index (χ3n) is 2.42. The number of hydrogen-bond acceptors (Lipinski definition) is 3. The molecule has 13 heavy (non-hydrogen) atoms. The zero-order valence-corrected chi connectivity index (χ0v) is 7.49. The van der Waals surface area contributed by atoms with Crippen molar-refractivity contribution in [2.75, 3.05) is 6.61 Å². The maximum atomic E-state index is 10.2. The molecule has 0 aliphatic carbocycles. The van der Waals surface area contributed by atoms with Gasteiger partial charge < -0.3 is 14.3 Å². The number of furan rings is 1. The second-order valence-electron chi connectivity index (χ2n) is 3.35. The summed E-state index contributed by atoms with van der Waals surface area (Å²) in [5.41, 5.74) is 0.710. The van der Waals surface area contributed by atoms with E-state index in [4.69, 9.17) is 9.15 Å². The third kappa shape index (κ3) is 1.35. The van der Waals surface area contributed by atoms with E-state index in [1.165, 1.54) is 0 Å². The average molecular weight is 180 g/mol. The van der Waals surface area contributed by atoms with Crippen molar-refractivity contribution in [2.24, 2.45) is 0 Å². The third-order valence-corrected chi connectivity index (χ3v) is 2.42. The van der Waals surface area contributed by atoms with Gasteiger partial charge in [0, 0.05) is 17.6 Å². The molecule has 1 atom stereocenters. The molecule has 0 spiro atoms. The zero-order chi connectivity index (χ0) is 9.31. The minimum atomic E-state index is -0.955. The second kappa shape index (κ2) is 2.92. The van der Waals surface area contributed by atoms with E-state index in [0.717, 1.165) is 17.6 Å². The standard InChI is InChI=1S/C10H12O3/c1-10(11,8-2-4-12-6-8)9-3-5-13-7-9/h2,4,6-7,11H,3,5H2,1H3. The van der Waals surface area contributed by atoms with Crippen molar-refractivity contribution in [3.63, 3.8) is 0 Å². The summed E-state index contributed by atoms with van der Waals surface area (Å²) in [5.74, 6) is 0. The fourth-order valence-electron chi connectivity index (χ4n) is 1.47. The Labute approximate surface area is 76.6 Å². The Kier molecular flexibility index (Phi) is 1.88. The molecule has 3 nitrogen and oxygen atoms in total. The molecule has 1 aliphatic heterocycles. The van der Waals surface area contributed by atoms with E-state index >= 15 is 0 Å². The van der Waals surface area contributed by atoms with Gasteiger partial charge in [-0.1, -0.05) is 0 Å². The van der Waals surface area contributed by atoms with Gasteiger partial charge in [-0.05, 0) is 13.0 Å². The molecule has 1 unspecified atom stereocenters. The zero-order valence-electron chi connectivity index (χ0n) is 7.49. The quantitative estimate of drug-likeness (QED) is 0.754. The summed E-state index contributed by atoms with van der Waals surface area (Å²) in [6.07, 6.45) is 5.52. The van der Waals surface area contributed by atoms with E-state index < -0.39 is 5.60 Å². The smallest absolute Gasteiger partial charge is 0.114 e. The summed E-state index contributed by atoms with van der Waals surface area (Å²) < 4.78 is 10.0. The average Bonchev–Trinajstić information content (AvgIpc) is 2.78. The Morgan fingerprint density at radius 1 is 1.54 bits per heavy atom. The summed E-state index contributed by atoms with van der Waals surface area (Å²) >= 11 is 0. The van der Waals surface area contributed by atoms with Crippen LogP contribution in [0, 0.1) is 0 Å². The van der Waals surface area contributed by atoms with Gasteiger partial charge in [0.05, 0.1) is 25.4 Å². The predicted molar refractivity (Wildman–Crippen MR) is 46.9 cm³/mol. The highest BCUT2D eigenvalue weighted by Crippen LogP contribution is 2.33. The fourth-order valence-corrected chi connectivity index (χ4v) is 1.47. The monoisotopic (exact) mass is 180 g/mol. The van der Waals surface area contributed by atoms with Crippen molar-refractivity contribution < 1.29 is 14.3 Å². The van der Waals surface area contributed by atoms with Gasteiger partial charge in [0.1, 0.15) is 5.60 Å². The highest BCUT2D eigenvalue weighted by atomic mass is 16.5. The lowest BCUT2D eigenvalue weighted by Crippen LogP contribution is -2.22. The van der Waals surface area contributed by atoms with Crippen LogP contribution in [0.15, 0.2) is 34.8 Å². The number of ether oxygens (including phenoxy) is 1. The van der Waals surface area contributed by atoms with E-state index in [1.807, 2.05) is 0 Å². The van der Waals surface area contributed by atoms with Crippen LogP contribution < -0.4 is 0 Å². The van der Waals surface area contributed by atoms with E-state index in [1.54, 1.807) is 31.8 Å². The fraction of sp³-hybridized carbons (Fsp3) is 0.400. The topological polar surface area (TPSA) is 42.6 Å². The van der Waals surface area contributed by atoms with E-state index in [2.05, 4.69) is 0 Å². The molecule has 0 bridgehead atoms. The molecule has 1 N–H and O–H groups in total. The Hall–Kier alpha value is -1.22. The number of hydrogen-bond donors (Lipinski definition) is 1. The van der Waals surface area contributed by atoms with E-state index in [-0.39, 0.29) is 0 Å². The first-order valence-corrected chi connectivity index (χ1v) is 4.27. The molecule has 0 amide bonds. The molecule has 0 saturated carbocycles. The summed E-state index contributed by atoms with van der Waals surface area (Å²) in [6, 6.07) is 1.76. The SMILES string of the molecule is CC(O)(C1=COCC1)c1ccoc1. The van der Waals surface area contributed by atoms with Crippen molar-refractivity contribution in [3.8, 4) is 0 Å². The second-order valence-corrected chi connectivity index (χ2v) is 3.35. The van der Waals surface area contributed by atoms with Crippen molar-refractivity contribution in [1.29, 1.82) is 0 Å². The molecule has 0 aromatic carbocycles. The van der Waals surface area contributed by atoms with Crippen LogP contribution in [-0.4, -0.2) is 11.7 Å². The molecule has 1 aromatic heterocycles. The van der Waals surface area contributed by atoms with Gasteiger partial charge in [0.25, 0.3) is 0 Å². The summed E-state index contributed by atoms with van der Waals surface area (Å²) in [4.78, 5) is 0. The molecule has 0 saturated heterocycles. The molecular weight excluding hydrogens is 168 g/mol. The lowest BCUT2D eigenvalue weighted by Gasteiger charge is -2.21. The minimum Gasteiger partial charge on any atom is -0.501 e. The Morgan fingerprint density at radius 2 is 2.38 bits per heavy atom. The van der Waals surface area contributed by atoms with Gasteiger partial charge in [-0.25, -0.2) is 0 Å². The Balaban J connectivity index is 2.30. The molecule has 1 aliphatic rings. The van der Waals surface area contributed by atoms with Crippen LogP contribution in [0.5, 0.6) is 0 Å². The number of rotatable bonds is 2. The van der Waals surface area contributed by atoms with Crippen molar-refractivity contribution in [3.05, 3.63) is 36.0 Å². The Bertz CT molecular complexity index is 309. The molecule has 2 rings (SSSR count). The predicted octanol–water partition coefficient (Wildman–Crippen LogP) is 1.79. The van der Waals surface area contributed by atoms with Gasteiger partial charge in [-0.3, -0.25) is 0 Å². The maximum Gasteiger partial charge on any atom is 0.114 e. The van der Waals surface area contributed by atoms with Gasteiger partial charge in [0.15, 0.2) is 0 Å².